The third-order valence-electron chi connectivity index (χ3n) is 3.10. The maximum atomic E-state index is 5.61. The maximum absolute atomic E-state index is 5.61. The van der Waals surface area contributed by atoms with Crippen LogP contribution in [0.4, 0.5) is 0 Å². The van der Waals surface area contributed by atoms with E-state index in [2.05, 4.69) is 62.3 Å². The van der Waals surface area contributed by atoms with Gasteiger partial charge in [0, 0.05) is 28.1 Å². The summed E-state index contributed by atoms with van der Waals surface area (Å²) in [6.07, 6.45) is 2.77. The van der Waals surface area contributed by atoms with Gasteiger partial charge < -0.3 is 10.1 Å². The van der Waals surface area contributed by atoms with Gasteiger partial charge in [0.05, 0.1) is 6.10 Å². The highest BCUT2D eigenvalue weighted by Crippen LogP contribution is 2.26. The fourth-order valence-electron chi connectivity index (χ4n) is 2.08. The fraction of sp³-hybridized carbons (Fsp3) is 0.538. The molecule has 0 aromatic heterocycles. The molecule has 1 fully saturated rings. The van der Waals surface area contributed by atoms with E-state index in [-0.39, 0.29) is 0 Å². The Balaban J connectivity index is 1.91. The molecule has 1 aliphatic heterocycles. The normalized spacial score (nSPS) is 21.7. The Morgan fingerprint density at radius 2 is 2.29 bits per heavy atom. The zero-order chi connectivity index (χ0) is 12.3. The molecule has 1 aliphatic rings. The monoisotopic (exact) mass is 361 g/mol. The van der Waals surface area contributed by atoms with E-state index in [0.29, 0.717) is 12.1 Å². The molecule has 1 saturated heterocycles. The first-order valence-electron chi connectivity index (χ1n) is 5.97. The Labute approximate surface area is 119 Å². The number of hydrogen-bond acceptors (Lipinski definition) is 2. The van der Waals surface area contributed by atoms with E-state index < -0.39 is 0 Å². The van der Waals surface area contributed by atoms with Crippen LogP contribution in [-0.2, 0) is 4.74 Å². The molecule has 2 nitrogen and oxygen atoms in total. The molecule has 0 bridgehead atoms. The second-order valence-corrected chi connectivity index (χ2v) is 6.20. The van der Waals surface area contributed by atoms with Gasteiger partial charge in [-0.1, -0.05) is 37.9 Å². The Morgan fingerprint density at radius 3 is 2.94 bits per heavy atom. The van der Waals surface area contributed by atoms with Crippen molar-refractivity contribution < 1.29 is 4.74 Å². The standard InChI is InChI=1S/C13H17Br2NO/c1-9(16-8-11-3-2-6-17-11)12-5-4-10(14)7-13(12)15/h4-5,7,9,11,16H,2-3,6,8H2,1H3. The van der Waals surface area contributed by atoms with Gasteiger partial charge in [0.1, 0.15) is 0 Å². The van der Waals surface area contributed by atoms with E-state index in [1.165, 1.54) is 18.4 Å². The quantitative estimate of drug-likeness (QED) is 0.872. The van der Waals surface area contributed by atoms with Crippen molar-refractivity contribution in [3.8, 4) is 0 Å². The Morgan fingerprint density at radius 1 is 1.47 bits per heavy atom. The molecule has 2 rings (SSSR count). The van der Waals surface area contributed by atoms with Crippen LogP contribution in [0.2, 0.25) is 0 Å². The summed E-state index contributed by atoms with van der Waals surface area (Å²) in [7, 11) is 0. The number of hydrogen-bond donors (Lipinski definition) is 1. The lowest BCUT2D eigenvalue weighted by Crippen LogP contribution is -2.28. The number of benzene rings is 1. The SMILES string of the molecule is CC(NCC1CCCO1)c1ccc(Br)cc1Br. The van der Waals surface area contributed by atoms with Gasteiger partial charge in [-0.2, -0.15) is 0 Å². The molecule has 4 heteroatoms. The van der Waals surface area contributed by atoms with Crippen LogP contribution in [0.25, 0.3) is 0 Å². The fourth-order valence-corrected chi connectivity index (χ4v) is 3.47. The van der Waals surface area contributed by atoms with Crippen LogP contribution in [0.1, 0.15) is 31.4 Å². The van der Waals surface area contributed by atoms with Crippen LogP contribution in [0.15, 0.2) is 27.1 Å². The molecule has 0 radical (unpaired) electrons. The second kappa shape index (κ2) is 6.32. The highest BCUT2D eigenvalue weighted by Gasteiger charge is 2.17. The molecule has 0 amide bonds. The van der Waals surface area contributed by atoms with Crippen LogP contribution in [0, 0.1) is 0 Å². The van der Waals surface area contributed by atoms with E-state index in [1.807, 2.05) is 0 Å². The van der Waals surface area contributed by atoms with Gasteiger partial charge in [0.25, 0.3) is 0 Å². The molecular weight excluding hydrogens is 346 g/mol. The summed E-state index contributed by atoms with van der Waals surface area (Å²) in [4.78, 5) is 0. The van der Waals surface area contributed by atoms with Crippen molar-refractivity contribution in [2.45, 2.75) is 31.9 Å². The van der Waals surface area contributed by atoms with Gasteiger partial charge in [-0.3, -0.25) is 0 Å². The minimum atomic E-state index is 0.335. The van der Waals surface area contributed by atoms with Gasteiger partial charge in [-0.15, -0.1) is 0 Å². The van der Waals surface area contributed by atoms with Crippen molar-refractivity contribution in [3.63, 3.8) is 0 Å². The summed E-state index contributed by atoms with van der Waals surface area (Å²) in [6, 6.07) is 6.63. The highest BCUT2D eigenvalue weighted by molar-refractivity contribution is 9.11. The summed E-state index contributed by atoms with van der Waals surface area (Å²) in [5.74, 6) is 0. The molecule has 0 aliphatic carbocycles. The first-order chi connectivity index (χ1) is 8.16. The number of rotatable bonds is 4. The highest BCUT2D eigenvalue weighted by atomic mass is 79.9. The summed E-state index contributed by atoms with van der Waals surface area (Å²) in [5.41, 5.74) is 1.28. The second-order valence-electron chi connectivity index (χ2n) is 4.43. The number of nitrogens with one attached hydrogen (secondary N) is 1. The van der Waals surface area contributed by atoms with Crippen LogP contribution in [-0.4, -0.2) is 19.3 Å². The van der Waals surface area contributed by atoms with Gasteiger partial charge in [0.15, 0.2) is 0 Å². The molecule has 0 saturated carbocycles. The average Bonchev–Trinajstić information content (AvgIpc) is 2.78. The number of halogens is 2. The molecule has 0 spiro atoms. The predicted molar refractivity (Wildman–Crippen MR) is 77.2 cm³/mol. The Bertz CT molecular complexity index is 378. The van der Waals surface area contributed by atoms with Crippen molar-refractivity contribution in [3.05, 3.63) is 32.7 Å². The first-order valence-corrected chi connectivity index (χ1v) is 7.55. The van der Waals surface area contributed by atoms with Gasteiger partial charge in [-0.05, 0) is 37.5 Å². The molecule has 2 unspecified atom stereocenters. The topological polar surface area (TPSA) is 21.3 Å². The lowest BCUT2D eigenvalue weighted by atomic mass is 10.1. The minimum Gasteiger partial charge on any atom is -0.377 e. The van der Waals surface area contributed by atoms with Crippen molar-refractivity contribution in [1.29, 1.82) is 0 Å². The molecule has 2 atom stereocenters. The molecule has 17 heavy (non-hydrogen) atoms. The maximum Gasteiger partial charge on any atom is 0.0700 e. The van der Waals surface area contributed by atoms with Crippen molar-refractivity contribution in [2.24, 2.45) is 0 Å². The first kappa shape index (κ1) is 13.5. The summed E-state index contributed by atoms with van der Waals surface area (Å²) in [5, 5.41) is 3.53. The lowest BCUT2D eigenvalue weighted by Gasteiger charge is -2.18. The van der Waals surface area contributed by atoms with E-state index in [1.54, 1.807) is 0 Å². The van der Waals surface area contributed by atoms with Crippen LogP contribution in [0.3, 0.4) is 0 Å². The molecule has 94 valence electrons. The van der Waals surface area contributed by atoms with Gasteiger partial charge >= 0.3 is 0 Å². The molecule has 1 heterocycles. The summed E-state index contributed by atoms with van der Waals surface area (Å²) >= 11 is 7.07. The molecule has 1 N–H and O–H groups in total. The third-order valence-corrected chi connectivity index (χ3v) is 4.28. The van der Waals surface area contributed by atoms with Gasteiger partial charge in [0.2, 0.25) is 0 Å². The smallest absolute Gasteiger partial charge is 0.0700 e. The van der Waals surface area contributed by atoms with Crippen molar-refractivity contribution in [1.82, 2.24) is 5.32 Å². The summed E-state index contributed by atoms with van der Waals surface area (Å²) < 4.78 is 7.84. The van der Waals surface area contributed by atoms with E-state index >= 15 is 0 Å². The molecule has 1 aromatic rings. The van der Waals surface area contributed by atoms with E-state index in [4.69, 9.17) is 4.74 Å². The largest absolute Gasteiger partial charge is 0.377 e. The zero-order valence-corrected chi connectivity index (χ0v) is 13.1. The summed E-state index contributed by atoms with van der Waals surface area (Å²) in [6.45, 7) is 4.04. The Kier molecular flexibility index (Phi) is 5.03. The number of ether oxygens (including phenoxy) is 1. The van der Waals surface area contributed by atoms with Crippen molar-refractivity contribution >= 4 is 31.9 Å². The van der Waals surface area contributed by atoms with Crippen LogP contribution < -0.4 is 5.32 Å². The zero-order valence-electron chi connectivity index (χ0n) is 9.88. The molecule has 1 aromatic carbocycles. The van der Waals surface area contributed by atoms with E-state index in [0.717, 1.165) is 22.1 Å². The Hall–Kier alpha value is 0.1000. The van der Waals surface area contributed by atoms with E-state index in [9.17, 15) is 0 Å². The minimum absolute atomic E-state index is 0.335. The molecular formula is C13H17Br2NO. The van der Waals surface area contributed by atoms with Crippen LogP contribution >= 0.6 is 31.9 Å². The van der Waals surface area contributed by atoms with Crippen LogP contribution in [0.5, 0.6) is 0 Å². The van der Waals surface area contributed by atoms with Gasteiger partial charge in [-0.25, -0.2) is 0 Å². The predicted octanol–water partition coefficient (Wildman–Crippen LogP) is 4.04. The lowest BCUT2D eigenvalue weighted by molar-refractivity contribution is 0.108. The third kappa shape index (κ3) is 3.78. The van der Waals surface area contributed by atoms with Crippen molar-refractivity contribution in [2.75, 3.05) is 13.2 Å². The average molecular weight is 363 g/mol.